The largest absolute Gasteiger partial charge is 0.465 e. The molecular formula is C13H25NO3. The Morgan fingerprint density at radius 1 is 1.47 bits per heavy atom. The van der Waals surface area contributed by atoms with Gasteiger partial charge in [-0.25, -0.2) is 0 Å². The molecule has 0 aromatic carbocycles. The van der Waals surface area contributed by atoms with Crippen LogP contribution < -0.4 is 0 Å². The molecule has 0 aliphatic heterocycles. The summed E-state index contributed by atoms with van der Waals surface area (Å²) in [6, 6.07) is -0.127. The molecule has 1 aliphatic rings. The van der Waals surface area contributed by atoms with Crippen molar-refractivity contribution in [2.75, 3.05) is 20.2 Å². The molecule has 1 unspecified atom stereocenters. The number of carbonyl (C=O) groups is 1. The van der Waals surface area contributed by atoms with Crippen molar-refractivity contribution in [3.05, 3.63) is 0 Å². The maximum Gasteiger partial charge on any atom is 0.323 e. The summed E-state index contributed by atoms with van der Waals surface area (Å²) in [4.78, 5) is 13.9. The summed E-state index contributed by atoms with van der Waals surface area (Å²) in [5.74, 6) is 0.417. The molecule has 0 amide bonds. The number of rotatable bonds is 7. The zero-order chi connectivity index (χ0) is 12.8. The molecule has 1 aliphatic carbocycles. The van der Waals surface area contributed by atoms with Crippen molar-refractivity contribution in [1.29, 1.82) is 0 Å². The minimum atomic E-state index is -0.127. The number of likely N-dealkylation sites (N-methyl/N-ethyl adjacent to an activating group) is 1. The van der Waals surface area contributed by atoms with E-state index in [0.717, 1.165) is 32.2 Å². The highest BCUT2D eigenvalue weighted by atomic mass is 16.5. The molecule has 0 radical (unpaired) electrons. The molecule has 4 nitrogen and oxygen atoms in total. The molecule has 0 aromatic rings. The van der Waals surface area contributed by atoms with Crippen LogP contribution in [0.5, 0.6) is 0 Å². The number of hydrogen-bond donors (Lipinski definition) is 1. The Morgan fingerprint density at radius 2 is 2.12 bits per heavy atom. The van der Waals surface area contributed by atoms with E-state index in [4.69, 9.17) is 4.74 Å². The van der Waals surface area contributed by atoms with Gasteiger partial charge in [-0.15, -0.1) is 0 Å². The average Bonchev–Trinajstić information content (AvgIpc) is 2.23. The Balaban J connectivity index is 2.41. The van der Waals surface area contributed by atoms with E-state index in [1.807, 2.05) is 14.0 Å². The van der Waals surface area contributed by atoms with E-state index >= 15 is 0 Å². The lowest BCUT2D eigenvalue weighted by Crippen LogP contribution is -2.45. The third-order valence-corrected chi connectivity index (χ3v) is 3.41. The van der Waals surface area contributed by atoms with Crippen molar-refractivity contribution in [3.8, 4) is 0 Å². The zero-order valence-electron chi connectivity index (χ0n) is 11.2. The van der Waals surface area contributed by atoms with Crippen molar-refractivity contribution in [2.24, 2.45) is 5.92 Å². The Morgan fingerprint density at radius 3 is 2.59 bits per heavy atom. The lowest BCUT2D eigenvalue weighted by Gasteiger charge is -2.36. The summed E-state index contributed by atoms with van der Waals surface area (Å²) in [5, 5.41) is 9.26. The molecule has 0 saturated heterocycles. The van der Waals surface area contributed by atoms with Crippen molar-refractivity contribution in [1.82, 2.24) is 4.90 Å². The van der Waals surface area contributed by atoms with Crippen molar-refractivity contribution in [3.63, 3.8) is 0 Å². The van der Waals surface area contributed by atoms with Crippen LogP contribution in [0.3, 0.4) is 0 Å². The predicted octanol–water partition coefficient (Wildman–Crippen LogP) is 1.42. The quantitative estimate of drug-likeness (QED) is 0.687. The van der Waals surface area contributed by atoms with Crippen LogP contribution in [-0.4, -0.2) is 48.3 Å². The number of esters is 1. The average molecular weight is 243 g/mol. The number of aliphatic hydroxyl groups excluding tert-OH is 1. The van der Waals surface area contributed by atoms with E-state index in [1.54, 1.807) is 0 Å². The molecule has 4 heteroatoms. The SMILES string of the molecule is CCCC(C(=O)OCC)N(C)CC1CC(O)C1. The van der Waals surface area contributed by atoms with Crippen LogP contribution in [0.15, 0.2) is 0 Å². The second-order valence-electron chi connectivity index (χ2n) is 4.99. The summed E-state index contributed by atoms with van der Waals surface area (Å²) in [7, 11) is 1.97. The maximum atomic E-state index is 11.8. The lowest BCUT2D eigenvalue weighted by atomic mass is 9.82. The minimum absolute atomic E-state index is 0.114. The van der Waals surface area contributed by atoms with Crippen LogP contribution in [0.2, 0.25) is 0 Å². The van der Waals surface area contributed by atoms with Gasteiger partial charge in [0, 0.05) is 6.54 Å². The number of nitrogens with zero attached hydrogens (tertiary/aromatic N) is 1. The molecule has 0 heterocycles. The van der Waals surface area contributed by atoms with Gasteiger partial charge in [-0.1, -0.05) is 13.3 Å². The van der Waals surface area contributed by atoms with Crippen LogP contribution >= 0.6 is 0 Å². The first-order valence-corrected chi connectivity index (χ1v) is 6.63. The van der Waals surface area contributed by atoms with E-state index in [0.29, 0.717) is 12.5 Å². The van der Waals surface area contributed by atoms with Gasteiger partial charge in [0.2, 0.25) is 0 Å². The molecule has 1 saturated carbocycles. The third-order valence-electron chi connectivity index (χ3n) is 3.41. The number of ether oxygens (including phenoxy) is 1. The van der Waals surface area contributed by atoms with Gasteiger partial charge < -0.3 is 9.84 Å². The Bertz CT molecular complexity index is 239. The predicted molar refractivity (Wildman–Crippen MR) is 66.7 cm³/mol. The van der Waals surface area contributed by atoms with Crippen LogP contribution in [0.1, 0.15) is 39.5 Å². The summed E-state index contributed by atoms with van der Waals surface area (Å²) >= 11 is 0. The molecule has 100 valence electrons. The first-order valence-electron chi connectivity index (χ1n) is 6.63. The highest BCUT2D eigenvalue weighted by molar-refractivity contribution is 5.75. The lowest BCUT2D eigenvalue weighted by molar-refractivity contribution is -0.149. The molecule has 0 aromatic heterocycles. The highest BCUT2D eigenvalue weighted by Gasteiger charge is 2.31. The first-order chi connectivity index (χ1) is 8.08. The van der Waals surface area contributed by atoms with Gasteiger partial charge >= 0.3 is 5.97 Å². The van der Waals surface area contributed by atoms with Gasteiger partial charge in [0.25, 0.3) is 0 Å². The van der Waals surface area contributed by atoms with Gasteiger partial charge in [0.1, 0.15) is 6.04 Å². The van der Waals surface area contributed by atoms with Crippen LogP contribution in [0, 0.1) is 5.92 Å². The third kappa shape index (κ3) is 4.28. The van der Waals surface area contributed by atoms with Gasteiger partial charge in [0.05, 0.1) is 12.7 Å². The van der Waals surface area contributed by atoms with Crippen LogP contribution in [0.4, 0.5) is 0 Å². The standard InChI is InChI=1S/C13H25NO3/c1-4-6-12(13(16)17-5-2)14(3)9-10-7-11(15)8-10/h10-12,15H,4-9H2,1-3H3. The molecule has 1 N–H and O–H groups in total. The highest BCUT2D eigenvalue weighted by Crippen LogP contribution is 2.28. The molecule has 17 heavy (non-hydrogen) atoms. The van der Waals surface area contributed by atoms with E-state index < -0.39 is 0 Å². The van der Waals surface area contributed by atoms with Crippen molar-refractivity contribution in [2.45, 2.75) is 51.7 Å². The van der Waals surface area contributed by atoms with Gasteiger partial charge in [0.15, 0.2) is 0 Å². The molecule has 1 fully saturated rings. The molecule has 1 rings (SSSR count). The molecule has 0 bridgehead atoms. The van der Waals surface area contributed by atoms with E-state index in [1.165, 1.54) is 0 Å². The van der Waals surface area contributed by atoms with Gasteiger partial charge in [-0.05, 0) is 39.2 Å². The number of carbonyl (C=O) groups excluding carboxylic acids is 1. The normalized spacial score (nSPS) is 25.5. The molecular weight excluding hydrogens is 218 g/mol. The Hall–Kier alpha value is -0.610. The summed E-state index contributed by atoms with van der Waals surface area (Å²) < 4.78 is 5.10. The maximum absolute atomic E-state index is 11.8. The fourth-order valence-corrected chi connectivity index (χ4v) is 2.41. The topological polar surface area (TPSA) is 49.8 Å². The second-order valence-corrected chi connectivity index (χ2v) is 4.99. The Kier molecular flexibility index (Phi) is 5.92. The minimum Gasteiger partial charge on any atom is -0.465 e. The summed E-state index contributed by atoms with van der Waals surface area (Å²) in [6.07, 6.45) is 3.42. The van der Waals surface area contributed by atoms with Crippen molar-refractivity contribution < 1.29 is 14.6 Å². The van der Waals surface area contributed by atoms with E-state index in [2.05, 4.69) is 11.8 Å². The molecule has 0 spiro atoms. The smallest absolute Gasteiger partial charge is 0.323 e. The zero-order valence-corrected chi connectivity index (χ0v) is 11.2. The molecule has 1 atom stereocenters. The fraction of sp³-hybridized carbons (Fsp3) is 0.923. The Labute approximate surface area is 104 Å². The van der Waals surface area contributed by atoms with Gasteiger partial charge in [-0.3, -0.25) is 9.69 Å². The van der Waals surface area contributed by atoms with Gasteiger partial charge in [-0.2, -0.15) is 0 Å². The van der Waals surface area contributed by atoms with Crippen LogP contribution in [-0.2, 0) is 9.53 Å². The summed E-state index contributed by atoms with van der Waals surface area (Å²) in [5.41, 5.74) is 0. The van der Waals surface area contributed by atoms with Crippen LogP contribution in [0.25, 0.3) is 0 Å². The number of aliphatic hydroxyl groups is 1. The first kappa shape index (κ1) is 14.5. The van der Waals surface area contributed by atoms with E-state index in [9.17, 15) is 9.90 Å². The number of hydrogen-bond acceptors (Lipinski definition) is 4. The fourth-order valence-electron chi connectivity index (χ4n) is 2.41. The summed E-state index contributed by atoms with van der Waals surface area (Å²) in [6.45, 7) is 5.23. The second kappa shape index (κ2) is 6.97. The monoisotopic (exact) mass is 243 g/mol. The van der Waals surface area contributed by atoms with Crippen molar-refractivity contribution >= 4 is 5.97 Å². The van der Waals surface area contributed by atoms with E-state index in [-0.39, 0.29) is 18.1 Å².